The van der Waals surface area contributed by atoms with E-state index in [9.17, 15) is 22.7 Å². The zero-order valence-electron chi connectivity index (χ0n) is 14.8. The standard InChI is InChI=1S/C17H15Cl3FN3O4S/c1-24-15(17(26)22-9-2-3-13(21)10(18)6-9)7-14(23-29(24,27)28)8-4-11(19)16(25)12(20)5-8/h2-6,14-15,23,25H,7H2,1H3,(H,22,26). The summed E-state index contributed by atoms with van der Waals surface area (Å²) in [5.41, 5.74) is 0.607. The summed E-state index contributed by atoms with van der Waals surface area (Å²) >= 11 is 17.6. The molecule has 1 heterocycles. The van der Waals surface area contributed by atoms with E-state index >= 15 is 0 Å². The molecular formula is C17H15Cl3FN3O4S. The zero-order chi connectivity index (χ0) is 21.5. The van der Waals surface area contributed by atoms with Crippen LogP contribution in [0.1, 0.15) is 18.0 Å². The van der Waals surface area contributed by atoms with Gasteiger partial charge in [0.25, 0.3) is 10.2 Å². The molecule has 0 bridgehead atoms. The van der Waals surface area contributed by atoms with Crippen LogP contribution in [0.25, 0.3) is 0 Å². The summed E-state index contributed by atoms with van der Waals surface area (Å²) in [4.78, 5) is 12.8. The molecule has 3 rings (SSSR count). The number of phenols is 1. The van der Waals surface area contributed by atoms with E-state index in [4.69, 9.17) is 34.8 Å². The number of hydrogen-bond donors (Lipinski definition) is 3. The predicted octanol–water partition coefficient (Wildman–Crippen LogP) is 3.71. The lowest BCUT2D eigenvalue weighted by Gasteiger charge is -2.36. The number of anilines is 1. The first kappa shape index (κ1) is 22.1. The number of likely N-dealkylation sites (N-methyl/N-ethyl adjacent to an activating group) is 1. The van der Waals surface area contributed by atoms with Gasteiger partial charge in [0.05, 0.1) is 21.1 Å². The van der Waals surface area contributed by atoms with Crippen molar-refractivity contribution in [3.8, 4) is 5.75 Å². The van der Waals surface area contributed by atoms with Gasteiger partial charge in [-0.2, -0.15) is 17.4 Å². The summed E-state index contributed by atoms with van der Waals surface area (Å²) in [7, 11) is -2.75. The van der Waals surface area contributed by atoms with Gasteiger partial charge in [-0.1, -0.05) is 34.8 Å². The maximum absolute atomic E-state index is 13.3. The molecule has 1 fully saturated rings. The number of halogens is 4. The van der Waals surface area contributed by atoms with Crippen LogP contribution in [0, 0.1) is 5.82 Å². The van der Waals surface area contributed by atoms with Gasteiger partial charge in [0.1, 0.15) is 11.9 Å². The van der Waals surface area contributed by atoms with Gasteiger partial charge >= 0.3 is 0 Å². The Morgan fingerprint density at radius 3 is 2.41 bits per heavy atom. The lowest BCUT2D eigenvalue weighted by atomic mass is 9.99. The minimum absolute atomic E-state index is 0.0485. The molecule has 2 unspecified atom stereocenters. The van der Waals surface area contributed by atoms with Gasteiger partial charge in [0.2, 0.25) is 5.91 Å². The number of benzene rings is 2. The Hall–Kier alpha value is -1.62. The Kier molecular flexibility index (Phi) is 6.28. The first-order chi connectivity index (χ1) is 13.5. The van der Waals surface area contributed by atoms with Crippen LogP contribution in [-0.4, -0.2) is 36.8 Å². The number of rotatable bonds is 3. The van der Waals surface area contributed by atoms with Crippen LogP contribution in [0.4, 0.5) is 10.1 Å². The molecule has 1 saturated heterocycles. The number of carbonyl (C=O) groups is 1. The van der Waals surface area contributed by atoms with Crippen LogP contribution < -0.4 is 10.0 Å². The van der Waals surface area contributed by atoms with Gasteiger partial charge in [-0.3, -0.25) is 4.79 Å². The minimum atomic E-state index is -4.01. The van der Waals surface area contributed by atoms with Crippen LogP contribution in [0.5, 0.6) is 5.75 Å². The van der Waals surface area contributed by atoms with Gasteiger partial charge < -0.3 is 10.4 Å². The van der Waals surface area contributed by atoms with Crippen molar-refractivity contribution in [1.29, 1.82) is 0 Å². The predicted molar refractivity (Wildman–Crippen MR) is 109 cm³/mol. The number of aromatic hydroxyl groups is 1. The van der Waals surface area contributed by atoms with E-state index in [1.54, 1.807) is 0 Å². The molecule has 7 nitrogen and oxygen atoms in total. The first-order valence-electron chi connectivity index (χ1n) is 8.18. The van der Waals surface area contributed by atoms with Crippen LogP contribution in [0.2, 0.25) is 15.1 Å². The number of nitrogens with one attached hydrogen (secondary N) is 2. The van der Waals surface area contributed by atoms with E-state index in [0.717, 1.165) is 10.4 Å². The number of phenolic OH excluding ortho intramolecular Hbond substituents is 1. The van der Waals surface area contributed by atoms with Crippen LogP contribution in [0.15, 0.2) is 30.3 Å². The number of carbonyl (C=O) groups excluding carboxylic acids is 1. The number of hydrogen-bond acceptors (Lipinski definition) is 4. The van der Waals surface area contributed by atoms with Crippen LogP contribution >= 0.6 is 34.8 Å². The molecule has 3 N–H and O–H groups in total. The minimum Gasteiger partial charge on any atom is -0.505 e. The van der Waals surface area contributed by atoms with Gasteiger partial charge in [0.15, 0.2) is 5.75 Å². The van der Waals surface area contributed by atoms with Crippen molar-refractivity contribution in [2.24, 2.45) is 0 Å². The van der Waals surface area contributed by atoms with Crippen molar-refractivity contribution < 1.29 is 22.7 Å². The summed E-state index contributed by atoms with van der Waals surface area (Å²) in [5, 5.41) is 12.0. The molecule has 29 heavy (non-hydrogen) atoms. The van der Waals surface area contributed by atoms with Crippen molar-refractivity contribution in [2.45, 2.75) is 18.5 Å². The number of amides is 1. The molecule has 0 aliphatic carbocycles. The molecular weight excluding hydrogens is 468 g/mol. The van der Waals surface area contributed by atoms with Gasteiger partial charge in [0, 0.05) is 12.7 Å². The Bertz CT molecular complexity index is 1060. The molecule has 1 amide bonds. The van der Waals surface area contributed by atoms with E-state index in [0.29, 0.717) is 5.56 Å². The molecule has 1 aliphatic rings. The van der Waals surface area contributed by atoms with Gasteiger partial charge in [-0.25, -0.2) is 4.39 Å². The Labute approximate surface area is 181 Å². The molecule has 0 aromatic heterocycles. The van der Waals surface area contributed by atoms with Crippen molar-refractivity contribution >= 4 is 56.6 Å². The fourth-order valence-corrected chi connectivity index (χ4v) is 4.87. The topological polar surface area (TPSA) is 98.7 Å². The molecule has 0 saturated carbocycles. The monoisotopic (exact) mass is 481 g/mol. The Balaban J connectivity index is 1.89. The summed E-state index contributed by atoms with van der Waals surface area (Å²) < 4.78 is 41.7. The van der Waals surface area contributed by atoms with Crippen LogP contribution in [0.3, 0.4) is 0 Å². The fraction of sp³-hybridized carbons (Fsp3) is 0.235. The number of nitrogens with zero attached hydrogens (tertiary/aromatic N) is 1. The van der Waals surface area contributed by atoms with Gasteiger partial charge in [-0.05, 0) is 42.3 Å². The molecule has 1 aliphatic heterocycles. The maximum atomic E-state index is 13.3. The third kappa shape index (κ3) is 4.60. The van der Waals surface area contributed by atoms with Crippen molar-refractivity contribution in [2.75, 3.05) is 12.4 Å². The summed E-state index contributed by atoms with van der Waals surface area (Å²) in [6.45, 7) is 0. The maximum Gasteiger partial charge on any atom is 0.280 e. The smallest absolute Gasteiger partial charge is 0.280 e. The SMILES string of the molecule is CN1C(C(=O)Nc2ccc(F)c(Cl)c2)CC(c2cc(Cl)c(O)c(Cl)c2)NS1(=O)=O. The highest BCUT2D eigenvalue weighted by molar-refractivity contribution is 7.87. The quantitative estimate of drug-likeness (QED) is 0.621. The van der Waals surface area contributed by atoms with Crippen molar-refractivity contribution in [3.63, 3.8) is 0 Å². The molecule has 2 aromatic rings. The summed E-state index contributed by atoms with van der Waals surface area (Å²) in [6.07, 6.45) is 0.0495. The normalized spacial score (nSPS) is 21.7. The third-order valence-electron chi connectivity index (χ3n) is 4.50. The summed E-state index contributed by atoms with van der Waals surface area (Å²) in [5.74, 6) is -1.59. The van der Waals surface area contributed by atoms with E-state index < -0.39 is 34.0 Å². The van der Waals surface area contributed by atoms with E-state index in [-0.39, 0.29) is 32.9 Å². The van der Waals surface area contributed by atoms with E-state index in [1.807, 2.05) is 0 Å². The van der Waals surface area contributed by atoms with Crippen molar-refractivity contribution in [3.05, 3.63) is 56.8 Å². The molecule has 0 spiro atoms. The Morgan fingerprint density at radius 2 is 1.83 bits per heavy atom. The molecule has 12 heteroatoms. The van der Waals surface area contributed by atoms with Crippen LogP contribution in [-0.2, 0) is 15.0 Å². The largest absolute Gasteiger partial charge is 0.505 e. The molecule has 2 atom stereocenters. The Morgan fingerprint density at radius 1 is 1.21 bits per heavy atom. The zero-order valence-corrected chi connectivity index (χ0v) is 17.9. The van der Waals surface area contributed by atoms with E-state index in [2.05, 4.69) is 10.0 Å². The lowest BCUT2D eigenvalue weighted by molar-refractivity contribution is -0.120. The summed E-state index contributed by atoms with van der Waals surface area (Å²) in [6, 6.07) is 4.46. The average molecular weight is 483 g/mol. The highest BCUT2D eigenvalue weighted by atomic mass is 35.5. The lowest BCUT2D eigenvalue weighted by Crippen LogP contribution is -2.55. The second kappa shape index (κ2) is 8.25. The highest BCUT2D eigenvalue weighted by Crippen LogP contribution is 2.37. The average Bonchev–Trinajstić information content (AvgIpc) is 2.64. The first-order valence-corrected chi connectivity index (χ1v) is 10.8. The second-order valence-corrected chi connectivity index (χ2v) is 9.38. The fourth-order valence-electron chi connectivity index (χ4n) is 2.91. The second-order valence-electron chi connectivity index (χ2n) is 6.39. The van der Waals surface area contributed by atoms with E-state index in [1.165, 1.54) is 31.3 Å². The molecule has 0 radical (unpaired) electrons. The van der Waals surface area contributed by atoms with Crippen molar-refractivity contribution in [1.82, 2.24) is 9.03 Å². The molecule has 2 aromatic carbocycles. The highest BCUT2D eigenvalue weighted by Gasteiger charge is 2.41. The van der Waals surface area contributed by atoms with Gasteiger partial charge in [-0.15, -0.1) is 0 Å². The molecule has 156 valence electrons. The third-order valence-corrected chi connectivity index (χ3v) is 6.96.